The molecule has 2 rings (SSSR count). The van der Waals surface area contributed by atoms with E-state index in [-0.39, 0.29) is 6.54 Å². The molecule has 0 heterocycles. The number of urea groups is 1. The predicted octanol–water partition coefficient (Wildman–Crippen LogP) is 4.04. The van der Waals surface area contributed by atoms with Crippen molar-refractivity contribution in [1.29, 1.82) is 0 Å². The van der Waals surface area contributed by atoms with E-state index in [9.17, 15) is 18.0 Å². The lowest BCUT2D eigenvalue weighted by atomic mass is 10.1. The van der Waals surface area contributed by atoms with Gasteiger partial charge in [-0.25, -0.2) is 4.79 Å². The Bertz CT molecular complexity index is 687. The van der Waals surface area contributed by atoms with Crippen LogP contribution in [0.3, 0.4) is 0 Å². The molecule has 2 amide bonds. The SMILES string of the molecule is COc1cccc(NC(=O)NCc2cccc(C(F)(F)F)c2)c1. The van der Waals surface area contributed by atoms with Crippen molar-refractivity contribution in [3.63, 3.8) is 0 Å². The first kappa shape index (κ1) is 16.7. The topological polar surface area (TPSA) is 50.4 Å². The van der Waals surface area contributed by atoms with Gasteiger partial charge >= 0.3 is 12.2 Å². The zero-order valence-corrected chi connectivity index (χ0v) is 12.3. The number of halogens is 3. The number of hydrogen-bond donors (Lipinski definition) is 2. The smallest absolute Gasteiger partial charge is 0.416 e. The molecule has 0 saturated carbocycles. The van der Waals surface area contributed by atoms with Crippen molar-refractivity contribution >= 4 is 11.7 Å². The van der Waals surface area contributed by atoms with Gasteiger partial charge in [-0.15, -0.1) is 0 Å². The standard InChI is InChI=1S/C16H15F3N2O2/c1-23-14-7-3-6-13(9-14)21-15(22)20-10-11-4-2-5-12(8-11)16(17,18)19/h2-9H,10H2,1H3,(H2,20,21,22). The van der Waals surface area contributed by atoms with E-state index in [1.807, 2.05) is 0 Å². The first-order valence-corrected chi connectivity index (χ1v) is 6.73. The van der Waals surface area contributed by atoms with Gasteiger partial charge in [-0.3, -0.25) is 0 Å². The molecule has 2 aromatic rings. The van der Waals surface area contributed by atoms with Crippen LogP contribution in [0.5, 0.6) is 5.75 Å². The molecule has 0 atom stereocenters. The minimum Gasteiger partial charge on any atom is -0.497 e. The highest BCUT2D eigenvalue weighted by Gasteiger charge is 2.30. The van der Waals surface area contributed by atoms with Gasteiger partial charge in [0.2, 0.25) is 0 Å². The molecule has 122 valence electrons. The third-order valence-electron chi connectivity index (χ3n) is 3.03. The van der Waals surface area contributed by atoms with E-state index < -0.39 is 17.8 Å². The Morgan fingerprint density at radius 2 is 1.87 bits per heavy atom. The second-order valence-corrected chi connectivity index (χ2v) is 4.74. The van der Waals surface area contributed by atoms with Crippen LogP contribution in [0.15, 0.2) is 48.5 Å². The third kappa shape index (κ3) is 4.91. The average Bonchev–Trinajstić information content (AvgIpc) is 2.52. The van der Waals surface area contributed by atoms with E-state index in [2.05, 4.69) is 10.6 Å². The molecule has 0 bridgehead atoms. The minimum absolute atomic E-state index is 0.0142. The molecule has 0 spiro atoms. The molecule has 4 nitrogen and oxygen atoms in total. The van der Waals surface area contributed by atoms with Crippen LogP contribution in [-0.4, -0.2) is 13.1 Å². The maximum absolute atomic E-state index is 12.6. The summed E-state index contributed by atoms with van der Waals surface area (Å²) in [6, 6.07) is 11.0. The Balaban J connectivity index is 1.94. The van der Waals surface area contributed by atoms with E-state index in [1.54, 1.807) is 24.3 Å². The number of carbonyl (C=O) groups excluding carboxylic acids is 1. The number of alkyl halides is 3. The molecular weight excluding hydrogens is 309 g/mol. The summed E-state index contributed by atoms with van der Waals surface area (Å²) >= 11 is 0. The summed E-state index contributed by atoms with van der Waals surface area (Å²) in [6.07, 6.45) is -4.40. The number of carbonyl (C=O) groups is 1. The summed E-state index contributed by atoms with van der Waals surface area (Å²) in [5.74, 6) is 0.584. The lowest BCUT2D eigenvalue weighted by Gasteiger charge is -2.11. The van der Waals surface area contributed by atoms with Crippen LogP contribution >= 0.6 is 0 Å². The van der Waals surface area contributed by atoms with E-state index >= 15 is 0 Å². The fraction of sp³-hybridized carbons (Fsp3) is 0.188. The maximum Gasteiger partial charge on any atom is 0.416 e. The highest BCUT2D eigenvalue weighted by atomic mass is 19.4. The number of rotatable bonds is 4. The summed E-state index contributed by atoms with van der Waals surface area (Å²) in [6.45, 7) is -0.0142. The molecule has 0 radical (unpaired) electrons. The fourth-order valence-electron chi connectivity index (χ4n) is 1.92. The van der Waals surface area contributed by atoms with Crippen LogP contribution in [0.4, 0.5) is 23.7 Å². The Morgan fingerprint density at radius 3 is 2.57 bits per heavy atom. The van der Waals surface area contributed by atoms with Crippen molar-refractivity contribution in [1.82, 2.24) is 5.32 Å². The molecular formula is C16H15F3N2O2. The largest absolute Gasteiger partial charge is 0.497 e. The van der Waals surface area contributed by atoms with Gasteiger partial charge in [0.1, 0.15) is 5.75 Å². The number of methoxy groups -OCH3 is 1. The molecule has 0 aliphatic carbocycles. The molecule has 7 heteroatoms. The van der Waals surface area contributed by atoms with Crippen molar-refractivity contribution in [3.8, 4) is 5.75 Å². The lowest BCUT2D eigenvalue weighted by molar-refractivity contribution is -0.137. The molecule has 0 aliphatic heterocycles. The highest BCUT2D eigenvalue weighted by molar-refractivity contribution is 5.89. The number of benzene rings is 2. The van der Waals surface area contributed by atoms with E-state index in [0.717, 1.165) is 12.1 Å². The van der Waals surface area contributed by atoms with E-state index in [1.165, 1.54) is 19.2 Å². The molecule has 0 aromatic heterocycles. The first-order valence-electron chi connectivity index (χ1n) is 6.73. The summed E-state index contributed by atoms with van der Waals surface area (Å²) in [7, 11) is 1.51. The van der Waals surface area contributed by atoms with Gasteiger partial charge < -0.3 is 15.4 Å². The highest BCUT2D eigenvalue weighted by Crippen LogP contribution is 2.29. The number of hydrogen-bond acceptors (Lipinski definition) is 2. The van der Waals surface area contributed by atoms with Gasteiger partial charge in [0, 0.05) is 18.3 Å². The van der Waals surface area contributed by atoms with Gasteiger partial charge in [-0.2, -0.15) is 13.2 Å². The van der Waals surface area contributed by atoms with Crippen LogP contribution in [-0.2, 0) is 12.7 Å². The van der Waals surface area contributed by atoms with Gasteiger partial charge in [0.15, 0.2) is 0 Å². The van der Waals surface area contributed by atoms with Crippen LogP contribution in [0, 0.1) is 0 Å². The van der Waals surface area contributed by atoms with Crippen molar-refractivity contribution in [2.75, 3.05) is 12.4 Å². The number of anilines is 1. The Labute approximate surface area is 131 Å². The second kappa shape index (κ2) is 7.04. The van der Waals surface area contributed by atoms with Crippen molar-refractivity contribution in [2.45, 2.75) is 12.7 Å². The Kier molecular flexibility index (Phi) is 5.10. The monoisotopic (exact) mass is 324 g/mol. The normalized spacial score (nSPS) is 11.0. The third-order valence-corrected chi connectivity index (χ3v) is 3.03. The maximum atomic E-state index is 12.6. The van der Waals surface area contributed by atoms with Crippen LogP contribution < -0.4 is 15.4 Å². The first-order chi connectivity index (χ1) is 10.9. The summed E-state index contributed by atoms with van der Waals surface area (Å²) < 4.78 is 42.9. The number of ether oxygens (including phenoxy) is 1. The van der Waals surface area contributed by atoms with Gasteiger partial charge in [-0.05, 0) is 29.8 Å². The summed E-state index contributed by atoms with van der Waals surface area (Å²) in [4.78, 5) is 11.8. The number of nitrogens with one attached hydrogen (secondary N) is 2. The zero-order chi connectivity index (χ0) is 16.9. The van der Waals surface area contributed by atoms with Crippen molar-refractivity contribution in [3.05, 3.63) is 59.7 Å². The van der Waals surface area contributed by atoms with Crippen LogP contribution in [0.1, 0.15) is 11.1 Å². The average molecular weight is 324 g/mol. The van der Waals surface area contributed by atoms with Crippen molar-refractivity contribution < 1.29 is 22.7 Å². The molecule has 0 aliphatic rings. The number of amides is 2. The van der Waals surface area contributed by atoms with Crippen LogP contribution in [0.25, 0.3) is 0 Å². The Hall–Kier alpha value is -2.70. The molecule has 2 aromatic carbocycles. The molecule has 0 fully saturated rings. The fourth-order valence-corrected chi connectivity index (χ4v) is 1.92. The van der Waals surface area contributed by atoms with Crippen LogP contribution in [0.2, 0.25) is 0 Å². The van der Waals surface area contributed by atoms with E-state index in [0.29, 0.717) is 17.0 Å². The van der Waals surface area contributed by atoms with Gasteiger partial charge in [0.25, 0.3) is 0 Å². The molecule has 0 saturated heterocycles. The summed E-state index contributed by atoms with van der Waals surface area (Å²) in [5.41, 5.74) is 0.136. The molecule has 23 heavy (non-hydrogen) atoms. The summed E-state index contributed by atoms with van der Waals surface area (Å²) in [5, 5.41) is 5.08. The zero-order valence-electron chi connectivity index (χ0n) is 12.3. The predicted molar refractivity (Wildman–Crippen MR) is 80.3 cm³/mol. The van der Waals surface area contributed by atoms with Gasteiger partial charge in [0.05, 0.1) is 12.7 Å². The van der Waals surface area contributed by atoms with E-state index in [4.69, 9.17) is 4.74 Å². The molecule has 0 unspecified atom stereocenters. The minimum atomic E-state index is -4.40. The quantitative estimate of drug-likeness (QED) is 0.892. The molecule has 2 N–H and O–H groups in total. The Morgan fingerprint density at radius 1 is 1.13 bits per heavy atom. The second-order valence-electron chi connectivity index (χ2n) is 4.74. The van der Waals surface area contributed by atoms with Crippen molar-refractivity contribution in [2.24, 2.45) is 0 Å². The lowest BCUT2D eigenvalue weighted by Crippen LogP contribution is -2.28. The van der Waals surface area contributed by atoms with Gasteiger partial charge in [-0.1, -0.05) is 18.2 Å².